The van der Waals surface area contributed by atoms with Crippen molar-refractivity contribution in [2.24, 2.45) is 0 Å². The fraction of sp³-hybridized carbons (Fsp3) is 0. The molecular formula is C64H44N2. The summed E-state index contributed by atoms with van der Waals surface area (Å²) < 4.78 is 2.43. The monoisotopic (exact) mass is 840 g/mol. The average Bonchev–Trinajstić information content (AvgIpc) is 3.75. The second kappa shape index (κ2) is 16.8. The standard InChI is InChI=1S/C64H44N2/c1-6-20-45(21-7-1)51-38-52(46-22-8-2-9-23-46)42-57(41-51)65(58-43-53(47-24-10-3-11-25-47)39-54(44-58)48-26-12-4-13-27-48)56-32-18-29-50(40-56)60-34-19-35-61-64(60)63-59-33-17-16-28-49(59)36-37-62(63)66(61)55-30-14-5-15-31-55/h1-44H. The van der Waals surface area contributed by atoms with Crippen LogP contribution in [0.1, 0.15) is 0 Å². The average molecular weight is 841 g/mol. The van der Waals surface area contributed by atoms with Crippen LogP contribution in [0.3, 0.4) is 0 Å². The lowest BCUT2D eigenvalue weighted by molar-refractivity contribution is 1.18. The van der Waals surface area contributed by atoms with Crippen molar-refractivity contribution in [3.05, 3.63) is 267 Å². The molecule has 0 N–H and O–H groups in total. The second-order valence-electron chi connectivity index (χ2n) is 16.9. The molecular weight excluding hydrogens is 797 g/mol. The third-order valence-corrected chi connectivity index (χ3v) is 12.9. The van der Waals surface area contributed by atoms with E-state index in [-0.39, 0.29) is 0 Å². The summed E-state index contributed by atoms with van der Waals surface area (Å²) in [6.07, 6.45) is 0. The van der Waals surface area contributed by atoms with Crippen LogP contribution in [-0.4, -0.2) is 4.57 Å². The summed E-state index contributed by atoms with van der Waals surface area (Å²) in [6, 6.07) is 97.1. The summed E-state index contributed by atoms with van der Waals surface area (Å²) in [5, 5.41) is 4.98. The summed E-state index contributed by atoms with van der Waals surface area (Å²) in [6.45, 7) is 0. The van der Waals surface area contributed by atoms with Crippen molar-refractivity contribution in [1.82, 2.24) is 4.57 Å². The molecule has 66 heavy (non-hydrogen) atoms. The molecule has 0 spiro atoms. The van der Waals surface area contributed by atoms with Gasteiger partial charge in [-0.2, -0.15) is 0 Å². The number of para-hydroxylation sites is 1. The molecule has 0 aliphatic rings. The minimum atomic E-state index is 1.06. The van der Waals surface area contributed by atoms with Crippen molar-refractivity contribution >= 4 is 49.6 Å². The lowest BCUT2D eigenvalue weighted by atomic mass is 9.94. The topological polar surface area (TPSA) is 8.17 Å². The van der Waals surface area contributed by atoms with E-state index >= 15 is 0 Å². The Morgan fingerprint density at radius 2 is 0.682 bits per heavy atom. The van der Waals surface area contributed by atoms with Crippen molar-refractivity contribution in [3.8, 4) is 61.3 Å². The third kappa shape index (κ3) is 7.12. The Morgan fingerprint density at radius 1 is 0.258 bits per heavy atom. The third-order valence-electron chi connectivity index (χ3n) is 12.9. The molecule has 310 valence electrons. The number of hydrogen-bond acceptors (Lipinski definition) is 1. The summed E-state index contributed by atoms with van der Waals surface area (Å²) in [5.41, 5.74) is 18.3. The smallest absolute Gasteiger partial charge is 0.0547 e. The molecule has 0 unspecified atom stereocenters. The number of hydrogen-bond donors (Lipinski definition) is 0. The van der Waals surface area contributed by atoms with Gasteiger partial charge in [-0.25, -0.2) is 0 Å². The molecule has 0 atom stereocenters. The van der Waals surface area contributed by atoms with Crippen LogP contribution in [0.4, 0.5) is 17.1 Å². The van der Waals surface area contributed by atoms with Crippen LogP contribution in [0.25, 0.3) is 93.9 Å². The van der Waals surface area contributed by atoms with E-state index in [1.54, 1.807) is 0 Å². The molecule has 2 heteroatoms. The Bertz CT molecular complexity index is 3430. The zero-order valence-corrected chi connectivity index (χ0v) is 36.3. The van der Waals surface area contributed by atoms with Gasteiger partial charge in [-0.15, -0.1) is 0 Å². The number of benzene rings is 11. The molecule has 0 saturated heterocycles. The number of rotatable bonds is 9. The van der Waals surface area contributed by atoms with Crippen LogP contribution >= 0.6 is 0 Å². The zero-order valence-electron chi connectivity index (χ0n) is 36.3. The SMILES string of the molecule is c1ccc(-c2cc(-c3ccccc3)cc(N(c3cc(-c4ccccc4)cc(-c4ccccc4)c3)c3cccc(-c4cccc5c4c4c6ccccc6ccc4n5-c4ccccc4)c3)c2)cc1. The van der Waals surface area contributed by atoms with Crippen LogP contribution < -0.4 is 4.90 Å². The van der Waals surface area contributed by atoms with Gasteiger partial charge in [0.1, 0.15) is 0 Å². The first kappa shape index (κ1) is 38.9. The molecule has 0 saturated carbocycles. The Labute approximate surface area is 385 Å². The first-order valence-corrected chi connectivity index (χ1v) is 22.7. The molecule has 2 nitrogen and oxygen atoms in total. The maximum atomic E-state index is 2.46. The summed E-state index contributed by atoms with van der Waals surface area (Å²) in [4.78, 5) is 2.46. The van der Waals surface area contributed by atoms with Gasteiger partial charge in [-0.1, -0.05) is 194 Å². The minimum absolute atomic E-state index is 1.06. The van der Waals surface area contributed by atoms with Gasteiger partial charge in [-0.3, -0.25) is 0 Å². The van der Waals surface area contributed by atoms with Crippen LogP contribution in [0, 0.1) is 0 Å². The number of nitrogens with zero attached hydrogens (tertiary/aromatic N) is 2. The maximum Gasteiger partial charge on any atom is 0.0547 e. The van der Waals surface area contributed by atoms with Gasteiger partial charge in [0.25, 0.3) is 0 Å². The van der Waals surface area contributed by atoms with E-state index in [1.165, 1.54) is 60.4 Å². The Hall–Kier alpha value is -8.72. The largest absolute Gasteiger partial charge is 0.310 e. The number of anilines is 3. The first-order valence-electron chi connectivity index (χ1n) is 22.7. The van der Waals surface area contributed by atoms with Gasteiger partial charge < -0.3 is 9.47 Å². The molecule has 0 amide bonds. The Kier molecular flexibility index (Phi) is 9.89. The van der Waals surface area contributed by atoms with Crippen LogP contribution in [0.15, 0.2) is 267 Å². The van der Waals surface area contributed by atoms with Crippen LogP contribution in [0.5, 0.6) is 0 Å². The van der Waals surface area contributed by atoms with Gasteiger partial charge >= 0.3 is 0 Å². The van der Waals surface area contributed by atoms with E-state index < -0.39 is 0 Å². The lowest BCUT2D eigenvalue weighted by Crippen LogP contribution is -2.11. The number of fused-ring (bicyclic) bond motifs is 5. The van der Waals surface area contributed by atoms with E-state index in [1.807, 2.05) is 0 Å². The van der Waals surface area contributed by atoms with Crippen molar-refractivity contribution in [3.63, 3.8) is 0 Å². The molecule has 1 heterocycles. The molecule has 12 rings (SSSR count). The first-order chi connectivity index (χ1) is 32.7. The van der Waals surface area contributed by atoms with Gasteiger partial charge in [0.05, 0.1) is 11.0 Å². The molecule has 0 radical (unpaired) electrons. The maximum absolute atomic E-state index is 2.46. The molecule has 0 fully saturated rings. The fourth-order valence-corrected chi connectivity index (χ4v) is 9.85. The molecule has 0 aliphatic carbocycles. The Morgan fingerprint density at radius 3 is 1.21 bits per heavy atom. The fourth-order valence-electron chi connectivity index (χ4n) is 9.85. The normalized spacial score (nSPS) is 11.3. The lowest BCUT2D eigenvalue weighted by Gasteiger charge is -2.28. The zero-order chi connectivity index (χ0) is 43.8. The molecule has 0 aliphatic heterocycles. The summed E-state index contributed by atoms with van der Waals surface area (Å²) >= 11 is 0. The van der Waals surface area contributed by atoms with Gasteiger partial charge in [0.15, 0.2) is 0 Å². The highest BCUT2D eigenvalue weighted by Gasteiger charge is 2.22. The highest BCUT2D eigenvalue weighted by atomic mass is 15.1. The summed E-state index contributed by atoms with van der Waals surface area (Å²) in [7, 11) is 0. The van der Waals surface area contributed by atoms with E-state index in [0.717, 1.165) is 50.6 Å². The van der Waals surface area contributed by atoms with E-state index in [9.17, 15) is 0 Å². The van der Waals surface area contributed by atoms with Gasteiger partial charge in [0, 0.05) is 33.5 Å². The van der Waals surface area contributed by atoms with Gasteiger partial charge in [0.2, 0.25) is 0 Å². The quantitative estimate of drug-likeness (QED) is 0.141. The molecule has 0 bridgehead atoms. The predicted molar refractivity (Wildman–Crippen MR) is 280 cm³/mol. The van der Waals surface area contributed by atoms with Gasteiger partial charge in [-0.05, 0) is 139 Å². The van der Waals surface area contributed by atoms with E-state index in [0.29, 0.717) is 0 Å². The van der Waals surface area contributed by atoms with Crippen LogP contribution in [0.2, 0.25) is 0 Å². The highest BCUT2D eigenvalue weighted by Crippen LogP contribution is 2.46. The van der Waals surface area contributed by atoms with Crippen molar-refractivity contribution in [1.29, 1.82) is 0 Å². The van der Waals surface area contributed by atoms with Crippen molar-refractivity contribution in [2.75, 3.05) is 4.90 Å². The van der Waals surface area contributed by atoms with E-state index in [2.05, 4.69) is 276 Å². The predicted octanol–water partition coefficient (Wildman–Crippen LogP) is 17.7. The molecule has 12 aromatic rings. The number of aromatic nitrogens is 1. The Balaban J connectivity index is 1.14. The molecule has 1 aromatic heterocycles. The minimum Gasteiger partial charge on any atom is -0.310 e. The van der Waals surface area contributed by atoms with Crippen molar-refractivity contribution < 1.29 is 0 Å². The summed E-state index contributed by atoms with van der Waals surface area (Å²) in [5.74, 6) is 0. The van der Waals surface area contributed by atoms with E-state index in [4.69, 9.17) is 0 Å². The highest BCUT2D eigenvalue weighted by molar-refractivity contribution is 6.25. The molecule has 11 aromatic carbocycles. The van der Waals surface area contributed by atoms with Crippen molar-refractivity contribution in [2.45, 2.75) is 0 Å². The van der Waals surface area contributed by atoms with Crippen LogP contribution in [-0.2, 0) is 0 Å². The second-order valence-corrected chi connectivity index (χ2v) is 16.9.